The van der Waals surface area contributed by atoms with Crippen LogP contribution < -0.4 is 0 Å². The SMILES string of the molecule is Cc1cc(C(=O)c2c(F)cccc2F)ccc1Cl. The van der Waals surface area contributed by atoms with Crippen LogP contribution in [0.5, 0.6) is 0 Å². The first-order valence-electron chi connectivity index (χ1n) is 5.25. The van der Waals surface area contributed by atoms with Crippen molar-refractivity contribution in [1.29, 1.82) is 0 Å². The Morgan fingerprint density at radius 2 is 1.72 bits per heavy atom. The largest absolute Gasteiger partial charge is 0.288 e. The topological polar surface area (TPSA) is 17.1 Å². The molecule has 0 aromatic heterocycles. The van der Waals surface area contributed by atoms with Crippen molar-refractivity contribution in [3.8, 4) is 0 Å². The summed E-state index contributed by atoms with van der Waals surface area (Å²) in [6.07, 6.45) is 0. The third-order valence-corrected chi connectivity index (χ3v) is 3.03. The van der Waals surface area contributed by atoms with Gasteiger partial charge in [0.2, 0.25) is 0 Å². The summed E-state index contributed by atoms with van der Waals surface area (Å²) in [5.41, 5.74) is 0.347. The molecule has 0 aliphatic rings. The van der Waals surface area contributed by atoms with E-state index in [1.807, 2.05) is 0 Å². The molecule has 2 aromatic carbocycles. The van der Waals surface area contributed by atoms with Gasteiger partial charge in [-0.1, -0.05) is 17.7 Å². The zero-order chi connectivity index (χ0) is 13.3. The smallest absolute Gasteiger partial charge is 0.198 e. The van der Waals surface area contributed by atoms with Crippen LogP contribution in [0.3, 0.4) is 0 Å². The molecule has 2 rings (SSSR count). The minimum atomic E-state index is -0.868. The lowest BCUT2D eigenvalue weighted by atomic mass is 10.0. The highest BCUT2D eigenvalue weighted by atomic mass is 35.5. The van der Waals surface area contributed by atoms with Gasteiger partial charge in [0.1, 0.15) is 11.6 Å². The highest BCUT2D eigenvalue weighted by Crippen LogP contribution is 2.21. The van der Waals surface area contributed by atoms with Gasteiger partial charge in [-0.2, -0.15) is 0 Å². The van der Waals surface area contributed by atoms with Gasteiger partial charge in [-0.05, 0) is 42.8 Å². The van der Waals surface area contributed by atoms with E-state index in [2.05, 4.69) is 0 Å². The Labute approximate surface area is 108 Å². The molecule has 0 amide bonds. The normalized spacial score (nSPS) is 10.4. The van der Waals surface area contributed by atoms with Crippen LogP contribution in [0, 0.1) is 18.6 Å². The molecule has 0 unspecified atom stereocenters. The van der Waals surface area contributed by atoms with Crippen molar-refractivity contribution in [2.75, 3.05) is 0 Å². The summed E-state index contributed by atoms with van der Waals surface area (Å²) >= 11 is 5.83. The Kier molecular flexibility index (Phi) is 3.43. The van der Waals surface area contributed by atoms with Gasteiger partial charge in [-0.15, -0.1) is 0 Å². The first-order valence-corrected chi connectivity index (χ1v) is 5.63. The first-order chi connectivity index (χ1) is 8.50. The van der Waals surface area contributed by atoms with Gasteiger partial charge in [0.05, 0.1) is 5.56 Å². The second kappa shape index (κ2) is 4.86. The Balaban J connectivity index is 2.51. The summed E-state index contributed by atoms with van der Waals surface area (Å²) in [5.74, 6) is -2.43. The molecule has 2 aromatic rings. The van der Waals surface area contributed by atoms with E-state index in [9.17, 15) is 13.6 Å². The van der Waals surface area contributed by atoms with Crippen molar-refractivity contribution in [1.82, 2.24) is 0 Å². The summed E-state index contributed by atoms with van der Waals surface area (Å²) in [6, 6.07) is 7.82. The molecule has 1 nitrogen and oxygen atoms in total. The number of rotatable bonds is 2. The van der Waals surface area contributed by atoms with E-state index in [0.29, 0.717) is 10.6 Å². The maximum Gasteiger partial charge on any atom is 0.198 e. The van der Waals surface area contributed by atoms with Gasteiger partial charge in [0.25, 0.3) is 0 Å². The van der Waals surface area contributed by atoms with Crippen LogP contribution in [0.25, 0.3) is 0 Å². The molecule has 0 aliphatic heterocycles. The van der Waals surface area contributed by atoms with Crippen molar-refractivity contribution >= 4 is 17.4 Å². The number of aryl methyl sites for hydroxylation is 1. The van der Waals surface area contributed by atoms with Gasteiger partial charge < -0.3 is 0 Å². The monoisotopic (exact) mass is 266 g/mol. The molecule has 0 radical (unpaired) electrons. The molecule has 0 atom stereocenters. The Bertz CT molecular complexity index is 603. The lowest BCUT2D eigenvalue weighted by Gasteiger charge is -2.05. The zero-order valence-corrected chi connectivity index (χ0v) is 10.3. The Morgan fingerprint density at radius 1 is 1.11 bits per heavy atom. The molecule has 92 valence electrons. The number of ketones is 1. The van der Waals surface area contributed by atoms with Gasteiger partial charge in [-0.3, -0.25) is 4.79 Å². The molecule has 0 saturated heterocycles. The third kappa shape index (κ3) is 2.27. The van der Waals surface area contributed by atoms with Crippen LogP contribution in [0.15, 0.2) is 36.4 Å². The van der Waals surface area contributed by atoms with Crippen LogP contribution in [0.1, 0.15) is 21.5 Å². The van der Waals surface area contributed by atoms with Gasteiger partial charge in [0.15, 0.2) is 5.78 Å². The molecule has 0 aliphatic carbocycles. The predicted octanol–water partition coefficient (Wildman–Crippen LogP) is 4.16. The highest BCUT2D eigenvalue weighted by Gasteiger charge is 2.18. The summed E-state index contributed by atoms with van der Waals surface area (Å²) in [7, 11) is 0. The number of carbonyl (C=O) groups excluding carboxylic acids is 1. The summed E-state index contributed by atoms with van der Waals surface area (Å²) in [6.45, 7) is 1.72. The Hall–Kier alpha value is -1.74. The molecule has 0 heterocycles. The second-order valence-corrected chi connectivity index (χ2v) is 4.30. The van der Waals surface area contributed by atoms with Crippen molar-refractivity contribution in [3.63, 3.8) is 0 Å². The van der Waals surface area contributed by atoms with E-state index < -0.39 is 23.0 Å². The molecular weight excluding hydrogens is 258 g/mol. The van der Waals surface area contributed by atoms with E-state index >= 15 is 0 Å². The van der Waals surface area contributed by atoms with E-state index in [0.717, 1.165) is 12.1 Å². The summed E-state index contributed by atoms with van der Waals surface area (Å²) < 4.78 is 27.0. The third-order valence-electron chi connectivity index (χ3n) is 2.61. The van der Waals surface area contributed by atoms with Gasteiger partial charge >= 0.3 is 0 Å². The van der Waals surface area contributed by atoms with Crippen molar-refractivity contribution in [2.45, 2.75) is 6.92 Å². The Morgan fingerprint density at radius 3 is 2.28 bits per heavy atom. The molecule has 0 spiro atoms. The molecule has 0 saturated carbocycles. The zero-order valence-electron chi connectivity index (χ0n) is 9.51. The molecule has 0 bridgehead atoms. The van der Waals surface area contributed by atoms with Crippen LogP contribution in [0.2, 0.25) is 5.02 Å². The van der Waals surface area contributed by atoms with Crippen LogP contribution >= 0.6 is 11.6 Å². The number of benzene rings is 2. The summed E-state index contributed by atoms with van der Waals surface area (Å²) in [5, 5.41) is 0.501. The highest BCUT2D eigenvalue weighted by molar-refractivity contribution is 6.31. The summed E-state index contributed by atoms with van der Waals surface area (Å²) in [4.78, 5) is 12.0. The maximum atomic E-state index is 13.5. The van der Waals surface area contributed by atoms with Crippen molar-refractivity contribution in [2.24, 2.45) is 0 Å². The second-order valence-electron chi connectivity index (χ2n) is 3.89. The van der Waals surface area contributed by atoms with Crippen molar-refractivity contribution in [3.05, 3.63) is 69.7 Å². The quantitative estimate of drug-likeness (QED) is 0.746. The minimum Gasteiger partial charge on any atom is -0.288 e. The molecule has 4 heteroatoms. The number of halogens is 3. The average Bonchev–Trinajstić information content (AvgIpc) is 2.32. The standard InChI is InChI=1S/C14H9ClF2O/c1-8-7-9(5-6-10(8)15)14(18)13-11(16)3-2-4-12(13)17/h2-7H,1H3. The molecule has 18 heavy (non-hydrogen) atoms. The molecular formula is C14H9ClF2O. The van der Waals surface area contributed by atoms with E-state index in [1.165, 1.54) is 24.3 Å². The first kappa shape index (κ1) is 12.7. The lowest BCUT2D eigenvalue weighted by Crippen LogP contribution is -2.07. The van der Waals surface area contributed by atoms with Crippen LogP contribution in [-0.2, 0) is 0 Å². The maximum absolute atomic E-state index is 13.5. The average molecular weight is 267 g/mol. The van der Waals surface area contributed by atoms with E-state index in [1.54, 1.807) is 6.92 Å². The van der Waals surface area contributed by atoms with Crippen LogP contribution in [-0.4, -0.2) is 5.78 Å². The molecule has 0 N–H and O–H groups in total. The number of hydrogen-bond acceptors (Lipinski definition) is 1. The minimum absolute atomic E-state index is 0.209. The van der Waals surface area contributed by atoms with E-state index in [-0.39, 0.29) is 5.56 Å². The fraction of sp³-hybridized carbons (Fsp3) is 0.0714. The van der Waals surface area contributed by atoms with Crippen LogP contribution in [0.4, 0.5) is 8.78 Å². The van der Waals surface area contributed by atoms with Gasteiger partial charge in [0, 0.05) is 10.6 Å². The fourth-order valence-corrected chi connectivity index (χ4v) is 1.76. The predicted molar refractivity (Wildman–Crippen MR) is 66.0 cm³/mol. The molecule has 0 fully saturated rings. The van der Waals surface area contributed by atoms with Crippen molar-refractivity contribution < 1.29 is 13.6 Å². The van der Waals surface area contributed by atoms with Gasteiger partial charge in [-0.25, -0.2) is 8.78 Å². The number of carbonyl (C=O) groups is 1. The lowest BCUT2D eigenvalue weighted by molar-refractivity contribution is 0.103. The van der Waals surface area contributed by atoms with E-state index in [4.69, 9.17) is 11.6 Å². The fourth-order valence-electron chi connectivity index (χ4n) is 1.65. The number of hydrogen-bond donors (Lipinski definition) is 0.